The number of carbonyl (C=O) groups excluding carboxylic acids is 3. The Hall–Kier alpha value is -4.19. The molecule has 0 spiro atoms. The second-order valence-electron chi connectivity index (χ2n) is 10.6. The van der Waals surface area contributed by atoms with Crippen molar-refractivity contribution in [1.82, 2.24) is 9.80 Å². The quantitative estimate of drug-likeness (QED) is 0.154. The molecular weight excluding hydrogens is 632 g/mol. The van der Waals surface area contributed by atoms with E-state index in [0.29, 0.717) is 21.8 Å². The lowest BCUT2D eigenvalue weighted by Gasteiger charge is -2.43. The third-order valence-corrected chi connectivity index (χ3v) is 10.4. The number of hydrogen-bond donors (Lipinski definition) is 2. The molecule has 0 saturated carbocycles. The maximum atomic E-state index is 13.3. The molecule has 0 radical (unpaired) electrons. The number of aliphatic hydroxyl groups is 2. The van der Waals surface area contributed by atoms with Crippen molar-refractivity contribution in [2.75, 3.05) is 13.2 Å². The number of non-ortho nitro benzene ring substituents is 2. The average Bonchev–Trinajstić information content (AvgIpc) is 3.57. The topological polar surface area (TPSA) is 203 Å². The highest BCUT2D eigenvalue weighted by Gasteiger charge is 2.58. The number of aliphatic hydroxyl groups excluding tert-OH is 2. The Labute approximate surface area is 264 Å². The summed E-state index contributed by atoms with van der Waals surface area (Å²) in [6, 6.07) is 10.5. The lowest BCUT2D eigenvalue weighted by molar-refractivity contribution is -0.385. The molecule has 17 heteroatoms. The van der Waals surface area contributed by atoms with Gasteiger partial charge in [0.05, 0.1) is 38.8 Å². The molecule has 45 heavy (non-hydrogen) atoms. The third-order valence-electron chi connectivity index (χ3n) is 7.58. The molecule has 0 aliphatic carbocycles. The van der Waals surface area contributed by atoms with Gasteiger partial charge in [0.25, 0.3) is 11.4 Å². The fourth-order valence-corrected chi connectivity index (χ4v) is 8.60. The number of ether oxygens (including phenoxy) is 2. The van der Waals surface area contributed by atoms with Crippen molar-refractivity contribution >= 4 is 52.9 Å². The first-order chi connectivity index (χ1) is 21.5. The first-order valence-corrected chi connectivity index (χ1v) is 15.5. The molecule has 0 unspecified atom stereocenters. The number of β-lactam (4-membered cyclic amide) rings is 1. The second-order valence-corrected chi connectivity index (χ2v) is 13.3. The van der Waals surface area contributed by atoms with Crippen LogP contribution in [0, 0.1) is 26.1 Å². The maximum absolute atomic E-state index is 13.3. The van der Waals surface area contributed by atoms with Crippen molar-refractivity contribution in [2.45, 2.75) is 49.3 Å². The van der Waals surface area contributed by atoms with E-state index in [2.05, 4.69) is 0 Å². The number of nitrogens with zero attached hydrogens (tertiary/aromatic N) is 4. The zero-order valence-corrected chi connectivity index (χ0v) is 25.3. The van der Waals surface area contributed by atoms with E-state index < -0.39 is 51.3 Å². The van der Waals surface area contributed by atoms with E-state index in [1.54, 1.807) is 0 Å². The molecule has 2 fully saturated rings. The molecule has 5 rings (SSSR count). The highest BCUT2D eigenvalue weighted by Crippen LogP contribution is 2.55. The highest BCUT2D eigenvalue weighted by molar-refractivity contribution is 8.23. The van der Waals surface area contributed by atoms with Gasteiger partial charge in [-0.15, -0.1) is 11.8 Å². The summed E-state index contributed by atoms with van der Waals surface area (Å²) in [5, 5.41) is 41.1. The van der Waals surface area contributed by atoms with Gasteiger partial charge in [-0.1, -0.05) is 11.8 Å². The summed E-state index contributed by atoms with van der Waals surface area (Å²) < 4.78 is 11.4. The zero-order chi connectivity index (χ0) is 32.4. The molecule has 2 amide bonds. The molecular formula is C28H28N4O11S2. The predicted molar refractivity (Wildman–Crippen MR) is 160 cm³/mol. The van der Waals surface area contributed by atoms with Gasteiger partial charge in [0.2, 0.25) is 5.91 Å². The number of amides is 2. The van der Waals surface area contributed by atoms with Gasteiger partial charge in [-0.25, -0.2) is 9.59 Å². The van der Waals surface area contributed by atoms with Crippen LogP contribution >= 0.6 is 23.5 Å². The summed E-state index contributed by atoms with van der Waals surface area (Å²) in [6.07, 6.45) is -1.26. The number of likely N-dealkylation sites (tertiary alicyclic amines) is 1. The molecule has 2 N–H and O–H groups in total. The zero-order valence-electron chi connectivity index (χ0n) is 23.7. The number of rotatable bonds is 11. The molecule has 5 atom stereocenters. The average molecular weight is 661 g/mol. The lowest BCUT2D eigenvalue weighted by Crippen LogP contribution is -2.60. The second kappa shape index (κ2) is 13.4. The van der Waals surface area contributed by atoms with Crippen LogP contribution in [0.2, 0.25) is 0 Å². The van der Waals surface area contributed by atoms with Crippen molar-refractivity contribution in [3.05, 3.63) is 89.8 Å². The van der Waals surface area contributed by atoms with E-state index in [-0.39, 0.29) is 48.7 Å². The Morgan fingerprint density at radius 2 is 1.58 bits per heavy atom. The van der Waals surface area contributed by atoms with Gasteiger partial charge in [0, 0.05) is 36.1 Å². The number of nitro groups is 2. The molecule has 0 bridgehead atoms. The number of hydrogen-bond acceptors (Lipinski definition) is 13. The smallest absolute Gasteiger partial charge is 0.410 e. The Morgan fingerprint density at radius 3 is 2.09 bits per heavy atom. The molecule has 2 saturated heterocycles. The molecule has 238 valence electrons. The van der Waals surface area contributed by atoms with Crippen LogP contribution in [-0.4, -0.2) is 83.8 Å². The van der Waals surface area contributed by atoms with Crippen molar-refractivity contribution in [1.29, 1.82) is 0 Å². The number of fused-ring (bicyclic) bond motifs is 1. The normalized spacial score (nSPS) is 23.0. The number of esters is 1. The Bertz CT molecular complexity index is 1530. The van der Waals surface area contributed by atoms with Gasteiger partial charge in [0.1, 0.15) is 18.6 Å². The summed E-state index contributed by atoms with van der Waals surface area (Å²) in [4.78, 5) is 62.6. The van der Waals surface area contributed by atoms with Gasteiger partial charge < -0.3 is 24.6 Å². The Balaban J connectivity index is 1.26. The number of nitro benzene ring substituents is 2. The monoisotopic (exact) mass is 660 g/mol. The standard InChI is InChI=1S/C28H28N4O11S2/c1-15(34)22-24(35)30-23(26(36)42-13-16-2-6-18(7-3-16)31(38)39)27(45-25(22)30)44-21-10-20(12-33)29(11-21)28(37)43-14-17-4-8-19(9-5-17)32(40)41/h2-9,15,20-22,25,33-34H,10-14H2,1H3/t15-,20-,21-,22+,25+/m0/s1. The van der Waals surface area contributed by atoms with Crippen molar-refractivity contribution in [2.24, 2.45) is 5.92 Å². The number of carbonyl (C=O) groups is 3. The molecule has 2 aromatic carbocycles. The summed E-state index contributed by atoms with van der Waals surface area (Å²) in [5.41, 5.74) is 0.875. The largest absolute Gasteiger partial charge is 0.456 e. The van der Waals surface area contributed by atoms with Crippen LogP contribution < -0.4 is 0 Å². The van der Waals surface area contributed by atoms with E-state index in [1.165, 1.54) is 88.8 Å². The van der Waals surface area contributed by atoms with E-state index in [9.17, 15) is 44.8 Å². The maximum Gasteiger partial charge on any atom is 0.410 e. The van der Waals surface area contributed by atoms with Gasteiger partial charge >= 0.3 is 12.1 Å². The van der Waals surface area contributed by atoms with Gasteiger partial charge in [0.15, 0.2) is 5.70 Å². The highest BCUT2D eigenvalue weighted by atomic mass is 32.2. The summed E-state index contributed by atoms with van der Waals surface area (Å²) in [6.45, 7) is 1.01. The molecule has 3 aliphatic rings. The van der Waals surface area contributed by atoms with E-state index in [4.69, 9.17) is 9.47 Å². The predicted octanol–water partition coefficient (Wildman–Crippen LogP) is 3.13. The third kappa shape index (κ3) is 6.75. The fourth-order valence-electron chi connectivity index (χ4n) is 5.20. The van der Waals surface area contributed by atoms with Crippen LogP contribution in [0.1, 0.15) is 24.5 Å². The van der Waals surface area contributed by atoms with E-state index in [0.717, 1.165) is 0 Å². The minimum absolute atomic E-state index is 0.0264. The molecule has 3 heterocycles. The lowest BCUT2D eigenvalue weighted by atomic mass is 9.92. The van der Waals surface area contributed by atoms with Crippen LogP contribution in [0.5, 0.6) is 0 Å². The fraction of sp³-hybridized carbons (Fsp3) is 0.393. The first-order valence-electron chi connectivity index (χ1n) is 13.7. The van der Waals surface area contributed by atoms with Gasteiger partial charge in [-0.05, 0) is 48.7 Å². The van der Waals surface area contributed by atoms with Crippen molar-refractivity contribution < 1.29 is 43.9 Å². The Kier molecular flexibility index (Phi) is 9.62. The minimum Gasteiger partial charge on any atom is -0.456 e. The summed E-state index contributed by atoms with van der Waals surface area (Å²) in [5.74, 6) is -1.92. The van der Waals surface area contributed by atoms with Crippen LogP contribution in [-0.2, 0) is 32.3 Å². The van der Waals surface area contributed by atoms with Gasteiger partial charge in [-0.2, -0.15) is 0 Å². The van der Waals surface area contributed by atoms with E-state index >= 15 is 0 Å². The molecule has 2 aromatic rings. The first kappa shape index (κ1) is 32.2. The minimum atomic E-state index is -0.945. The van der Waals surface area contributed by atoms with Crippen molar-refractivity contribution in [3.63, 3.8) is 0 Å². The SMILES string of the molecule is C[C@H](O)[C@@H]1C(=O)N2C(C(=O)OCc3ccc([N+](=O)[O-])cc3)=C(S[C@H]3C[C@@H](CO)N(C(=O)OCc4ccc([N+](=O)[O-])cc4)C3)S[C@H]12. The van der Waals surface area contributed by atoms with Crippen LogP contribution in [0.25, 0.3) is 0 Å². The molecule has 3 aliphatic heterocycles. The van der Waals surface area contributed by atoms with Crippen LogP contribution in [0.4, 0.5) is 16.2 Å². The van der Waals surface area contributed by atoms with Crippen LogP contribution in [0.3, 0.4) is 0 Å². The summed E-state index contributed by atoms with van der Waals surface area (Å²) >= 11 is 2.51. The van der Waals surface area contributed by atoms with Crippen molar-refractivity contribution in [3.8, 4) is 0 Å². The van der Waals surface area contributed by atoms with Gasteiger partial charge in [-0.3, -0.25) is 29.9 Å². The Morgan fingerprint density at radius 1 is 1.02 bits per heavy atom. The molecule has 15 nitrogen and oxygen atoms in total. The summed E-state index contributed by atoms with van der Waals surface area (Å²) in [7, 11) is 0. The number of thioether (sulfide) groups is 2. The number of benzene rings is 2. The van der Waals surface area contributed by atoms with E-state index in [1.807, 2.05) is 0 Å². The molecule has 0 aromatic heterocycles. The van der Waals surface area contributed by atoms with Crippen LogP contribution in [0.15, 0.2) is 58.5 Å².